The number of anilines is 1. The number of benzene rings is 1. The van der Waals surface area contributed by atoms with E-state index < -0.39 is 0 Å². The van der Waals surface area contributed by atoms with E-state index in [4.69, 9.17) is 4.74 Å². The molecule has 1 saturated heterocycles. The molecule has 0 saturated carbocycles. The van der Waals surface area contributed by atoms with Crippen molar-refractivity contribution in [3.8, 4) is 5.75 Å². The van der Waals surface area contributed by atoms with Crippen molar-refractivity contribution >= 4 is 17.6 Å². The number of carbonyl (C=O) groups excluding carboxylic acids is 2. The van der Waals surface area contributed by atoms with Gasteiger partial charge in [0.05, 0.1) is 13.0 Å². The summed E-state index contributed by atoms with van der Waals surface area (Å²) in [6.45, 7) is 3.72. The summed E-state index contributed by atoms with van der Waals surface area (Å²) in [6.07, 6.45) is 2.47. The zero-order chi connectivity index (χ0) is 17.8. The van der Waals surface area contributed by atoms with Crippen LogP contribution in [0.25, 0.3) is 0 Å². The number of hydrogen-bond donors (Lipinski definition) is 1. The van der Waals surface area contributed by atoms with Crippen LogP contribution in [0.5, 0.6) is 5.75 Å². The van der Waals surface area contributed by atoms with E-state index in [0.29, 0.717) is 36.6 Å². The third kappa shape index (κ3) is 3.81. The summed E-state index contributed by atoms with van der Waals surface area (Å²) >= 11 is 0. The van der Waals surface area contributed by atoms with Gasteiger partial charge >= 0.3 is 0 Å². The largest absolute Gasteiger partial charge is 0.497 e. The number of carbonyl (C=O) groups is 2. The van der Waals surface area contributed by atoms with E-state index in [0.717, 1.165) is 6.54 Å². The van der Waals surface area contributed by atoms with Crippen LogP contribution in [0, 0.1) is 5.92 Å². The Hall–Kier alpha value is -2.83. The lowest BCUT2D eigenvalue weighted by Gasteiger charge is -2.16. The molecule has 2 amide bonds. The molecule has 1 aromatic heterocycles. The summed E-state index contributed by atoms with van der Waals surface area (Å²) in [5.74, 6) is 0.795. The molecule has 1 fully saturated rings. The van der Waals surface area contributed by atoms with Crippen LogP contribution in [-0.4, -0.2) is 46.7 Å². The average molecular weight is 342 g/mol. The number of nitrogens with zero attached hydrogens (tertiary/aromatic N) is 3. The highest BCUT2D eigenvalue weighted by Gasteiger charge is 2.31. The van der Waals surface area contributed by atoms with Gasteiger partial charge in [-0.25, -0.2) is 0 Å². The summed E-state index contributed by atoms with van der Waals surface area (Å²) < 4.78 is 6.91. The number of nitrogens with one attached hydrogen (secondary N) is 1. The Kier molecular flexibility index (Phi) is 5.02. The Bertz CT molecular complexity index is 771. The lowest BCUT2D eigenvalue weighted by molar-refractivity contribution is -0.119. The van der Waals surface area contributed by atoms with Gasteiger partial charge in [-0.2, -0.15) is 5.10 Å². The number of amides is 2. The molecule has 1 aromatic carbocycles. The third-order valence-electron chi connectivity index (χ3n) is 4.38. The summed E-state index contributed by atoms with van der Waals surface area (Å²) in [6, 6.07) is 8.83. The summed E-state index contributed by atoms with van der Waals surface area (Å²) in [4.78, 5) is 26.7. The molecule has 0 radical (unpaired) electrons. The minimum atomic E-state index is -0.221. The molecule has 0 aliphatic carbocycles. The molecule has 3 rings (SSSR count). The molecule has 1 atom stereocenters. The number of hydrogen-bond acceptors (Lipinski definition) is 4. The van der Waals surface area contributed by atoms with E-state index in [1.54, 1.807) is 47.0 Å². The molecule has 0 spiro atoms. The summed E-state index contributed by atoms with van der Waals surface area (Å²) in [5, 5.41) is 7.08. The zero-order valence-corrected chi connectivity index (χ0v) is 14.4. The molecular weight excluding hydrogens is 320 g/mol. The first-order valence-corrected chi connectivity index (χ1v) is 8.38. The molecule has 1 aliphatic rings. The second-order valence-electron chi connectivity index (χ2n) is 6.01. The van der Waals surface area contributed by atoms with E-state index in [-0.39, 0.29) is 17.7 Å². The highest BCUT2D eigenvalue weighted by molar-refractivity contribution is 5.96. The van der Waals surface area contributed by atoms with Crippen LogP contribution in [-0.2, 0) is 11.3 Å². The van der Waals surface area contributed by atoms with Crippen molar-refractivity contribution in [2.75, 3.05) is 25.5 Å². The predicted octanol–water partition coefficient (Wildman–Crippen LogP) is 2.01. The molecule has 1 N–H and O–H groups in total. The van der Waals surface area contributed by atoms with E-state index in [9.17, 15) is 9.59 Å². The van der Waals surface area contributed by atoms with Crippen LogP contribution < -0.4 is 10.1 Å². The Morgan fingerprint density at radius 1 is 1.36 bits per heavy atom. The predicted molar refractivity (Wildman–Crippen MR) is 93.5 cm³/mol. The smallest absolute Gasteiger partial charge is 0.254 e. The molecule has 0 unspecified atom stereocenters. The van der Waals surface area contributed by atoms with Crippen LogP contribution in [0.1, 0.15) is 23.7 Å². The standard InChI is InChI=1S/C18H22N4O3/c1-3-22-10-8-16(20-22)19-17(23)14-7-9-21(12-14)18(24)13-5-4-6-15(11-13)25-2/h4-6,8,10-11,14H,3,7,9,12H2,1-2H3,(H,19,20,23)/t14-/m0/s1. The van der Waals surface area contributed by atoms with Crippen LogP contribution >= 0.6 is 0 Å². The number of methoxy groups -OCH3 is 1. The number of ether oxygens (including phenoxy) is 1. The van der Waals surface area contributed by atoms with Crippen molar-refractivity contribution in [2.24, 2.45) is 5.92 Å². The van der Waals surface area contributed by atoms with Gasteiger partial charge in [-0.3, -0.25) is 14.3 Å². The molecule has 25 heavy (non-hydrogen) atoms. The van der Waals surface area contributed by atoms with Crippen LogP contribution in [0.15, 0.2) is 36.5 Å². The summed E-state index contributed by atoms with van der Waals surface area (Å²) in [7, 11) is 1.57. The highest BCUT2D eigenvalue weighted by atomic mass is 16.5. The minimum absolute atomic E-state index is 0.0792. The molecule has 2 aromatic rings. The third-order valence-corrected chi connectivity index (χ3v) is 4.38. The molecule has 132 valence electrons. The van der Waals surface area contributed by atoms with Gasteiger partial charge in [-0.05, 0) is 31.5 Å². The lowest BCUT2D eigenvalue weighted by Crippen LogP contribution is -2.31. The summed E-state index contributed by atoms with van der Waals surface area (Å²) in [5.41, 5.74) is 0.571. The Balaban J connectivity index is 1.60. The van der Waals surface area contributed by atoms with Gasteiger partial charge < -0.3 is 15.0 Å². The van der Waals surface area contributed by atoms with Crippen molar-refractivity contribution in [3.05, 3.63) is 42.1 Å². The second kappa shape index (κ2) is 7.38. The SMILES string of the molecule is CCn1ccc(NC(=O)[C@H]2CCN(C(=O)c3cccc(OC)c3)C2)n1. The van der Waals surface area contributed by atoms with Gasteiger partial charge in [-0.15, -0.1) is 0 Å². The fourth-order valence-electron chi connectivity index (χ4n) is 2.93. The maximum atomic E-state index is 12.6. The number of rotatable bonds is 5. The Morgan fingerprint density at radius 2 is 2.20 bits per heavy atom. The first kappa shape index (κ1) is 17.0. The van der Waals surface area contributed by atoms with Crippen molar-refractivity contribution in [1.29, 1.82) is 0 Å². The zero-order valence-electron chi connectivity index (χ0n) is 14.4. The van der Waals surface area contributed by atoms with Crippen LogP contribution in [0.3, 0.4) is 0 Å². The topological polar surface area (TPSA) is 76.5 Å². The first-order chi connectivity index (χ1) is 12.1. The fraction of sp³-hybridized carbons (Fsp3) is 0.389. The van der Waals surface area contributed by atoms with E-state index in [1.165, 1.54) is 0 Å². The maximum absolute atomic E-state index is 12.6. The van der Waals surface area contributed by atoms with E-state index >= 15 is 0 Å². The van der Waals surface area contributed by atoms with Crippen molar-refractivity contribution in [3.63, 3.8) is 0 Å². The Labute approximate surface area is 146 Å². The number of aromatic nitrogens is 2. The van der Waals surface area contributed by atoms with Gasteiger partial charge in [0.25, 0.3) is 5.91 Å². The van der Waals surface area contributed by atoms with E-state index in [1.807, 2.05) is 13.1 Å². The molecule has 7 heteroatoms. The monoisotopic (exact) mass is 342 g/mol. The second-order valence-corrected chi connectivity index (χ2v) is 6.01. The molecule has 0 bridgehead atoms. The van der Waals surface area contributed by atoms with Gasteiger partial charge in [0.1, 0.15) is 5.75 Å². The van der Waals surface area contributed by atoms with Crippen molar-refractivity contribution in [1.82, 2.24) is 14.7 Å². The molecule has 2 heterocycles. The quantitative estimate of drug-likeness (QED) is 0.902. The number of likely N-dealkylation sites (tertiary alicyclic amines) is 1. The van der Waals surface area contributed by atoms with E-state index in [2.05, 4.69) is 10.4 Å². The maximum Gasteiger partial charge on any atom is 0.254 e. The lowest BCUT2D eigenvalue weighted by atomic mass is 10.1. The highest BCUT2D eigenvalue weighted by Crippen LogP contribution is 2.22. The fourth-order valence-corrected chi connectivity index (χ4v) is 2.93. The average Bonchev–Trinajstić information content (AvgIpc) is 3.30. The normalized spacial score (nSPS) is 16.7. The Morgan fingerprint density at radius 3 is 2.92 bits per heavy atom. The van der Waals surface area contributed by atoms with Gasteiger partial charge in [0, 0.05) is 37.5 Å². The number of aryl methyl sites for hydroxylation is 1. The molecule has 1 aliphatic heterocycles. The molecular formula is C18H22N4O3. The van der Waals surface area contributed by atoms with Crippen molar-refractivity contribution < 1.29 is 14.3 Å². The van der Waals surface area contributed by atoms with Crippen LogP contribution in [0.2, 0.25) is 0 Å². The van der Waals surface area contributed by atoms with Gasteiger partial charge in [-0.1, -0.05) is 6.07 Å². The van der Waals surface area contributed by atoms with Crippen molar-refractivity contribution in [2.45, 2.75) is 19.9 Å². The van der Waals surface area contributed by atoms with Crippen LogP contribution in [0.4, 0.5) is 5.82 Å². The molecule has 7 nitrogen and oxygen atoms in total. The van der Waals surface area contributed by atoms with Gasteiger partial charge in [0.2, 0.25) is 5.91 Å². The minimum Gasteiger partial charge on any atom is -0.497 e. The first-order valence-electron chi connectivity index (χ1n) is 8.38. The van der Waals surface area contributed by atoms with Gasteiger partial charge in [0.15, 0.2) is 5.82 Å².